The van der Waals surface area contributed by atoms with Crippen molar-refractivity contribution >= 4 is 11.8 Å². The molecule has 0 saturated heterocycles. The lowest BCUT2D eigenvalue weighted by Crippen LogP contribution is -2.35. The van der Waals surface area contributed by atoms with Crippen LogP contribution in [-0.2, 0) is 11.3 Å². The summed E-state index contributed by atoms with van der Waals surface area (Å²) in [7, 11) is 0. The number of benzene rings is 1. The summed E-state index contributed by atoms with van der Waals surface area (Å²) in [6.45, 7) is 3.28. The van der Waals surface area contributed by atoms with Gasteiger partial charge in [0.2, 0.25) is 12.7 Å². The van der Waals surface area contributed by atoms with E-state index in [2.05, 4.69) is 15.3 Å². The highest BCUT2D eigenvalue weighted by Crippen LogP contribution is 2.32. The number of hydrogen-bond donors (Lipinski definition) is 1. The minimum absolute atomic E-state index is 0.131. The second-order valence-electron chi connectivity index (χ2n) is 5.69. The highest BCUT2D eigenvalue weighted by Gasteiger charge is 2.17. The Morgan fingerprint density at radius 2 is 2.08 bits per heavy atom. The van der Waals surface area contributed by atoms with Crippen LogP contribution in [0.5, 0.6) is 11.5 Å². The molecule has 8 nitrogen and oxygen atoms in total. The lowest BCUT2D eigenvalue weighted by molar-refractivity contribution is -0.121. The van der Waals surface area contributed by atoms with Crippen molar-refractivity contribution in [1.82, 2.24) is 20.2 Å². The van der Waals surface area contributed by atoms with Gasteiger partial charge in [-0.2, -0.15) is 0 Å². The third-order valence-electron chi connectivity index (χ3n) is 3.99. The third-order valence-corrected chi connectivity index (χ3v) is 3.99. The van der Waals surface area contributed by atoms with E-state index in [1.54, 1.807) is 4.90 Å². The Balaban J connectivity index is 1.47. The van der Waals surface area contributed by atoms with Crippen molar-refractivity contribution in [2.75, 3.05) is 19.9 Å². The first-order valence-electron chi connectivity index (χ1n) is 8.38. The number of nitrogens with zero attached hydrogens (tertiary/aromatic N) is 3. The van der Waals surface area contributed by atoms with Crippen LogP contribution in [0.15, 0.2) is 36.8 Å². The summed E-state index contributed by atoms with van der Waals surface area (Å²) in [5, 5.41) is 2.85. The highest BCUT2D eigenvalue weighted by molar-refractivity contribution is 5.92. The van der Waals surface area contributed by atoms with Gasteiger partial charge in [-0.25, -0.2) is 4.98 Å². The van der Waals surface area contributed by atoms with Gasteiger partial charge < -0.3 is 19.7 Å². The Morgan fingerprint density at radius 1 is 1.23 bits per heavy atom. The van der Waals surface area contributed by atoms with Gasteiger partial charge in [0.05, 0.1) is 6.20 Å². The summed E-state index contributed by atoms with van der Waals surface area (Å²) in [4.78, 5) is 33.9. The van der Waals surface area contributed by atoms with Crippen LogP contribution in [0.2, 0.25) is 0 Å². The van der Waals surface area contributed by atoms with Gasteiger partial charge in [-0.15, -0.1) is 0 Å². The van der Waals surface area contributed by atoms with E-state index in [4.69, 9.17) is 9.47 Å². The first-order valence-corrected chi connectivity index (χ1v) is 8.38. The number of amides is 2. The van der Waals surface area contributed by atoms with Gasteiger partial charge in [-0.3, -0.25) is 14.6 Å². The van der Waals surface area contributed by atoms with Gasteiger partial charge in [0.1, 0.15) is 5.69 Å². The molecule has 1 aromatic heterocycles. The second-order valence-corrected chi connectivity index (χ2v) is 5.69. The fraction of sp³-hybridized carbons (Fsp3) is 0.333. The lowest BCUT2D eigenvalue weighted by Gasteiger charge is -2.20. The molecule has 0 spiro atoms. The molecule has 0 fully saturated rings. The quantitative estimate of drug-likeness (QED) is 0.805. The van der Waals surface area contributed by atoms with Crippen LogP contribution in [0, 0.1) is 0 Å². The standard InChI is InChI=1S/C18H20N4O4/c1-2-22(18(24)14-11-19-6-7-20-14)8-5-17(23)21-10-13-3-4-15-16(9-13)26-12-25-15/h3-4,6-7,9,11H,2,5,8,10,12H2,1H3,(H,21,23). The number of carbonyl (C=O) groups excluding carboxylic acids is 2. The van der Waals surface area contributed by atoms with E-state index >= 15 is 0 Å². The minimum Gasteiger partial charge on any atom is -0.454 e. The van der Waals surface area contributed by atoms with E-state index in [0.29, 0.717) is 31.1 Å². The van der Waals surface area contributed by atoms with E-state index in [9.17, 15) is 9.59 Å². The molecule has 1 aliphatic heterocycles. The normalized spacial score (nSPS) is 11.9. The van der Waals surface area contributed by atoms with E-state index in [0.717, 1.165) is 5.56 Å². The summed E-state index contributed by atoms with van der Waals surface area (Å²) < 4.78 is 10.6. The molecule has 2 heterocycles. The Kier molecular flexibility index (Phi) is 5.62. The average Bonchev–Trinajstić information content (AvgIpc) is 3.15. The molecule has 8 heteroatoms. The zero-order valence-corrected chi connectivity index (χ0v) is 14.5. The molecule has 136 valence electrons. The number of rotatable bonds is 7. The number of nitrogens with one attached hydrogen (secondary N) is 1. The van der Waals surface area contributed by atoms with Crippen molar-refractivity contribution in [3.05, 3.63) is 48.0 Å². The SMILES string of the molecule is CCN(CCC(=O)NCc1ccc2c(c1)OCO2)C(=O)c1cnccn1. The van der Waals surface area contributed by atoms with E-state index in [1.165, 1.54) is 18.6 Å². The average molecular weight is 356 g/mol. The lowest BCUT2D eigenvalue weighted by atomic mass is 10.2. The topological polar surface area (TPSA) is 93.7 Å². The van der Waals surface area contributed by atoms with Crippen LogP contribution >= 0.6 is 0 Å². The smallest absolute Gasteiger partial charge is 0.274 e. The fourth-order valence-corrected chi connectivity index (χ4v) is 2.55. The van der Waals surface area contributed by atoms with Gasteiger partial charge in [-0.05, 0) is 24.6 Å². The molecule has 0 aliphatic carbocycles. The predicted octanol–water partition coefficient (Wildman–Crippen LogP) is 1.37. The summed E-state index contributed by atoms with van der Waals surface area (Å²) in [6.07, 6.45) is 4.62. The fourth-order valence-electron chi connectivity index (χ4n) is 2.55. The summed E-state index contributed by atoms with van der Waals surface area (Å²) >= 11 is 0. The first-order chi connectivity index (χ1) is 12.7. The molecular weight excluding hydrogens is 336 g/mol. The van der Waals surface area contributed by atoms with Crippen LogP contribution < -0.4 is 14.8 Å². The maximum absolute atomic E-state index is 12.3. The van der Waals surface area contributed by atoms with E-state index in [1.807, 2.05) is 25.1 Å². The van der Waals surface area contributed by atoms with Gasteiger partial charge >= 0.3 is 0 Å². The molecule has 1 aromatic carbocycles. The maximum Gasteiger partial charge on any atom is 0.274 e. The van der Waals surface area contributed by atoms with Crippen molar-refractivity contribution in [2.24, 2.45) is 0 Å². The van der Waals surface area contributed by atoms with Gasteiger partial charge in [0, 0.05) is 38.4 Å². The minimum atomic E-state index is -0.232. The Bertz CT molecular complexity index is 782. The largest absolute Gasteiger partial charge is 0.454 e. The Labute approximate surface area is 151 Å². The zero-order valence-electron chi connectivity index (χ0n) is 14.5. The van der Waals surface area contributed by atoms with Gasteiger partial charge in [0.15, 0.2) is 11.5 Å². The maximum atomic E-state index is 12.3. The van der Waals surface area contributed by atoms with Gasteiger partial charge in [0.25, 0.3) is 5.91 Å². The molecule has 1 aliphatic rings. The van der Waals surface area contributed by atoms with Crippen molar-refractivity contribution in [2.45, 2.75) is 19.9 Å². The molecule has 2 aromatic rings. The van der Waals surface area contributed by atoms with Crippen LogP contribution in [0.3, 0.4) is 0 Å². The predicted molar refractivity (Wildman–Crippen MR) is 92.6 cm³/mol. The molecule has 0 bridgehead atoms. The van der Waals surface area contributed by atoms with Crippen LogP contribution in [0.25, 0.3) is 0 Å². The first kappa shape index (κ1) is 17.7. The number of ether oxygens (including phenoxy) is 2. The summed E-state index contributed by atoms with van der Waals surface area (Å²) in [5.74, 6) is 1.03. The van der Waals surface area contributed by atoms with Gasteiger partial charge in [-0.1, -0.05) is 6.07 Å². The molecule has 0 radical (unpaired) electrons. The molecule has 1 N–H and O–H groups in total. The third kappa shape index (κ3) is 4.27. The van der Waals surface area contributed by atoms with Crippen molar-refractivity contribution in [3.63, 3.8) is 0 Å². The van der Waals surface area contributed by atoms with E-state index < -0.39 is 0 Å². The number of aromatic nitrogens is 2. The van der Waals surface area contributed by atoms with Crippen LogP contribution in [0.4, 0.5) is 0 Å². The monoisotopic (exact) mass is 356 g/mol. The molecule has 0 atom stereocenters. The molecular formula is C18H20N4O4. The van der Waals surface area contributed by atoms with Crippen molar-refractivity contribution < 1.29 is 19.1 Å². The molecule has 2 amide bonds. The van der Waals surface area contributed by atoms with Crippen molar-refractivity contribution in [1.29, 1.82) is 0 Å². The second kappa shape index (κ2) is 8.28. The molecule has 0 saturated carbocycles. The van der Waals surface area contributed by atoms with E-state index in [-0.39, 0.29) is 30.7 Å². The number of fused-ring (bicyclic) bond motifs is 1. The molecule has 0 unspecified atom stereocenters. The highest BCUT2D eigenvalue weighted by atomic mass is 16.7. The van der Waals surface area contributed by atoms with Crippen LogP contribution in [-0.4, -0.2) is 46.6 Å². The van der Waals surface area contributed by atoms with Crippen LogP contribution in [0.1, 0.15) is 29.4 Å². The molecule has 3 rings (SSSR count). The number of hydrogen-bond acceptors (Lipinski definition) is 6. The summed E-state index contributed by atoms with van der Waals surface area (Å²) in [6, 6.07) is 5.55. The Morgan fingerprint density at radius 3 is 2.85 bits per heavy atom. The molecule has 26 heavy (non-hydrogen) atoms. The Hall–Kier alpha value is -3.16. The summed E-state index contributed by atoms with van der Waals surface area (Å²) in [5.41, 5.74) is 1.20. The zero-order chi connectivity index (χ0) is 18.4. The van der Waals surface area contributed by atoms with Crippen molar-refractivity contribution in [3.8, 4) is 11.5 Å². The number of carbonyl (C=O) groups is 2.